The van der Waals surface area contributed by atoms with Crippen LogP contribution in [0.3, 0.4) is 0 Å². The number of aliphatic carboxylic acids is 1. The lowest BCUT2D eigenvalue weighted by molar-refractivity contribution is -0.142. The fraction of sp³-hybridized carbons (Fsp3) is 0.462. The van der Waals surface area contributed by atoms with Gasteiger partial charge in [-0.15, -0.1) is 0 Å². The van der Waals surface area contributed by atoms with Gasteiger partial charge in [-0.1, -0.05) is 22.0 Å². The van der Waals surface area contributed by atoms with Crippen LogP contribution in [0.5, 0.6) is 0 Å². The van der Waals surface area contributed by atoms with Crippen molar-refractivity contribution in [1.82, 2.24) is 4.90 Å². The number of carboxylic acid groups (broad SMARTS) is 1. The van der Waals surface area contributed by atoms with Crippen LogP contribution in [0.15, 0.2) is 22.7 Å². The molecule has 2 aliphatic rings. The molecule has 0 amide bonds. The van der Waals surface area contributed by atoms with Crippen LogP contribution in [-0.2, 0) is 10.2 Å². The average Bonchev–Trinajstić information content (AvgIpc) is 2.97. The molecule has 3 atom stereocenters. The molecule has 0 saturated heterocycles. The Balaban J connectivity index is 2.04. The SMILES string of the molecule is O=C(O)CN1C[C@@]2(CC2F)c2cc(Br)ccc2C1O. The van der Waals surface area contributed by atoms with Gasteiger partial charge in [0.25, 0.3) is 0 Å². The zero-order valence-electron chi connectivity index (χ0n) is 10.0. The Morgan fingerprint density at radius 1 is 1.58 bits per heavy atom. The molecular formula is C13H13BrFNO3. The lowest BCUT2D eigenvalue weighted by atomic mass is 9.85. The van der Waals surface area contributed by atoms with Crippen molar-refractivity contribution in [2.75, 3.05) is 13.1 Å². The molecule has 3 rings (SSSR count). The molecule has 2 N–H and O–H groups in total. The fourth-order valence-corrected chi connectivity index (χ4v) is 3.30. The number of hydrogen-bond donors (Lipinski definition) is 2. The molecule has 1 fully saturated rings. The Kier molecular flexibility index (Phi) is 2.92. The van der Waals surface area contributed by atoms with Gasteiger partial charge in [-0.05, 0) is 29.7 Å². The van der Waals surface area contributed by atoms with Crippen molar-refractivity contribution in [1.29, 1.82) is 0 Å². The van der Waals surface area contributed by atoms with Gasteiger partial charge in [0.2, 0.25) is 0 Å². The van der Waals surface area contributed by atoms with Crippen LogP contribution in [0.1, 0.15) is 23.8 Å². The van der Waals surface area contributed by atoms with Crippen LogP contribution in [0.2, 0.25) is 0 Å². The number of carbonyl (C=O) groups is 1. The van der Waals surface area contributed by atoms with Crippen LogP contribution < -0.4 is 0 Å². The number of rotatable bonds is 2. The van der Waals surface area contributed by atoms with E-state index in [2.05, 4.69) is 15.9 Å². The molecule has 0 bridgehead atoms. The Labute approximate surface area is 118 Å². The Morgan fingerprint density at radius 2 is 2.26 bits per heavy atom. The second kappa shape index (κ2) is 4.26. The average molecular weight is 330 g/mol. The Hall–Kier alpha value is -0.980. The molecule has 1 heterocycles. The number of alkyl halides is 1. The first-order valence-electron chi connectivity index (χ1n) is 6.02. The molecule has 4 nitrogen and oxygen atoms in total. The van der Waals surface area contributed by atoms with E-state index in [1.165, 1.54) is 4.90 Å². The summed E-state index contributed by atoms with van der Waals surface area (Å²) < 4.78 is 14.7. The third-order valence-corrected chi connectivity index (χ3v) is 4.48. The third kappa shape index (κ3) is 1.98. The number of hydrogen-bond acceptors (Lipinski definition) is 3. The maximum absolute atomic E-state index is 13.8. The smallest absolute Gasteiger partial charge is 0.317 e. The van der Waals surface area contributed by atoms with Crippen molar-refractivity contribution in [2.45, 2.75) is 24.2 Å². The lowest BCUT2D eigenvalue weighted by Gasteiger charge is -2.38. The third-order valence-electron chi connectivity index (χ3n) is 3.98. The maximum atomic E-state index is 13.8. The first-order valence-corrected chi connectivity index (χ1v) is 6.81. The lowest BCUT2D eigenvalue weighted by Crippen LogP contribution is -2.44. The molecule has 1 aliphatic heterocycles. The molecule has 1 aliphatic carbocycles. The van der Waals surface area contributed by atoms with E-state index in [9.17, 15) is 14.3 Å². The first-order chi connectivity index (χ1) is 8.94. The summed E-state index contributed by atoms with van der Waals surface area (Å²) in [6, 6.07) is 5.33. The normalized spacial score (nSPS) is 33.2. The van der Waals surface area contributed by atoms with Crippen LogP contribution in [0.4, 0.5) is 4.39 Å². The minimum Gasteiger partial charge on any atom is -0.480 e. The molecular weight excluding hydrogens is 317 g/mol. The minimum atomic E-state index is -1.02. The highest BCUT2D eigenvalue weighted by molar-refractivity contribution is 9.10. The van der Waals surface area contributed by atoms with Crippen LogP contribution in [0.25, 0.3) is 0 Å². The van der Waals surface area contributed by atoms with E-state index >= 15 is 0 Å². The minimum absolute atomic E-state index is 0.241. The summed E-state index contributed by atoms with van der Waals surface area (Å²) >= 11 is 3.35. The largest absolute Gasteiger partial charge is 0.480 e. The number of fused-ring (bicyclic) bond motifs is 2. The molecule has 6 heteroatoms. The van der Waals surface area contributed by atoms with Gasteiger partial charge in [-0.3, -0.25) is 9.69 Å². The predicted octanol–water partition coefficient (Wildman–Crippen LogP) is 1.82. The van der Waals surface area contributed by atoms with Gasteiger partial charge in [0.15, 0.2) is 0 Å². The maximum Gasteiger partial charge on any atom is 0.317 e. The zero-order valence-corrected chi connectivity index (χ0v) is 11.6. The number of aliphatic hydroxyl groups excluding tert-OH is 1. The second-order valence-corrected chi connectivity index (χ2v) is 6.15. The summed E-state index contributed by atoms with van der Waals surface area (Å²) in [5, 5.41) is 19.1. The summed E-state index contributed by atoms with van der Waals surface area (Å²) in [5.41, 5.74) is 0.757. The monoisotopic (exact) mass is 329 g/mol. The summed E-state index contributed by atoms with van der Waals surface area (Å²) in [7, 11) is 0. The Bertz CT molecular complexity index is 553. The van der Waals surface area contributed by atoms with Crippen molar-refractivity contribution < 1.29 is 19.4 Å². The quantitative estimate of drug-likeness (QED) is 0.868. The zero-order chi connectivity index (χ0) is 13.8. The number of carboxylic acids is 1. The summed E-state index contributed by atoms with van der Waals surface area (Å²) in [5.74, 6) is -1.02. The van der Waals surface area contributed by atoms with Crippen molar-refractivity contribution in [2.24, 2.45) is 0 Å². The topological polar surface area (TPSA) is 60.8 Å². The van der Waals surface area contributed by atoms with Gasteiger partial charge < -0.3 is 10.2 Å². The molecule has 1 spiro atoms. The molecule has 0 aromatic heterocycles. The van der Waals surface area contributed by atoms with Gasteiger partial charge in [-0.25, -0.2) is 4.39 Å². The van der Waals surface area contributed by atoms with Crippen molar-refractivity contribution in [3.63, 3.8) is 0 Å². The fourth-order valence-electron chi connectivity index (χ4n) is 2.93. The van der Waals surface area contributed by atoms with Gasteiger partial charge in [0, 0.05) is 16.4 Å². The molecule has 1 aromatic rings. The summed E-state index contributed by atoms with van der Waals surface area (Å²) in [6.07, 6.45) is -1.57. The molecule has 19 heavy (non-hydrogen) atoms. The molecule has 0 radical (unpaired) electrons. The van der Waals surface area contributed by atoms with Gasteiger partial charge in [0.1, 0.15) is 12.4 Å². The van der Waals surface area contributed by atoms with E-state index in [1.54, 1.807) is 12.1 Å². The number of halogens is 2. The summed E-state index contributed by atoms with van der Waals surface area (Å²) in [6.45, 7) is -0.0454. The highest BCUT2D eigenvalue weighted by Gasteiger charge is 2.61. The molecule has 2 unspecified atom stereocenters. The van der Waals surface area contributed by atoms with Crippen LogP contribution in [0, 0.1) is 0 Å². The highest BCUT2D eigenvalue weighted by Crippen LogP contribution is 2.56. The van der Waals surface area contributed by atoms with Gasteiger partial charge >= 0.3 is 5.97 Å². The molecule has 1 aromatic carbocycles. The first kappa shape index (κ1) is 13.0. The predicted molar refractivity (Wildman–Crippen MR) is 69.5 cm³/mol. The number of aliphatic hydroxyl groups is 1. The second-order valence-electron chi connectivity index (χ2n) is 5.23. The van der Waals surface area contributed by atoms with Crippen molar-refractivity contribution in [3.05, 3.63) is 33.8 Å². The van der Waals surface area contributed by atoms with E-state index in [-0.39, 0.29) is 13.1 Å². The van der Waals surface area contributed by atoms with Gasteiger partial charge in [0.05, 0.1) is 6.54 Å². The van der Waals surface area contributed by atoms with E-state index in [0.29, 0.717) is 12.0 Å². The summed E-state index contributed by atoms with van der Waals surface area (Å²) in [4.78, 5) is 12.3. The van der Waals surface area contributed by atoms with E-state index in [4.69, 9.17) is 5.11 Å². The highest BCUT2D eigenvalue weighted by atomic mass is 79.9. The van der Waals surface area contributed by atoms with Crippen molar-refractivity contribution in [3.8, 4) is 0 Å². The molecule has 102 valence electrons. The number of benzene rings is 1. The van der Waals surface area contributed by atoms with Gasteiger partial charge in [-0.2, -0.15) is 0 Å². The van der Waals surface area contributed by atoms with E-state index < -0.39 is 23.8 Å². The number of nitrogens with zero attached hydrogens (tertiary/aromatic N) is 1. The molecule has 1 saturated carbocycles. The Morgan fingerprint density at radius 3 is 2.84 bits per heavy atom. The van der Waals surface area contributed by atoms with Crippen LogP contribution in [-0.4, -0.2) is 40.3 Å². The van der Waals surface area contributed by atoms with E-state index in [0.717, 1.165) is 10.0 Å². The van der Waals surface area contributed by atoms with Crippen molar-refractivity contribution >= 4 is 21.9 Å². The van der Waals surface area contributed by atoms with Crippen LogP contribution >= 0.6 is 15.9 Å². The standard InChI is InChI=1S/C13H13BrFNO3/c14-7-1-2-8-9(3-7)13(4-10(13)15)6-16(12(8)19)5-11(17)18/h1-3,10,12,19H,4-6H2,(H,17,18)/t10?,12?,13-/m0/s1. The van der Waals surface area contributed by atoms with E-state index in [1.807, 2.05) is 6.07 Å².